The standard InChI is InChI=1S/C17H19FIN3O3/c1-21(17(25)16(24)13-4-2-3-5-14(13)18)10-15(23)22-9-11(7-19)6-12(22)8-20/h2-5,11-12,16,24H,6-7,9-10H2,1H3. The number of likely N-dealkylation sites (N-methyl/N-ethyl adjacent to an activating group) is 1. The van der Waals surface area contributed by atoms with E-state index in [-0.39, 0.29) is 23.9 Å². The number of likely N-dealkylation sites (tertiary alicyclic amines) is 1. The molecular formula is C17H19FIN3O3. The van der Waals surface area contributed by atoms with Crippen LogP contribution in [0.2, 0.25) is 0 Å². The summed E-state index contributed by atoms with van der Waals surface area (Å²) in [5.74, 6) is -1.54. The van der Waals surface area contributed by atoms with E-state index in [0.717, 1.165) is 15.4 Å². The molecule has 1 N–H and O–H groups in total. The van der Waals surface area contributed by atoms with Gasteiger partial charge in [-0.1, -0.05) is 40.8 Å². The number of carbonyl (C=O) groups is 2. The average molecular weight is 459 g/mol. The molecule has 0 saturated carbocycles. The van der Waals surface area contributed by atoms with Gasteiger partial charge in [0.25, 0.3) is 5.91 Å². The zero-order valence-corrected chi connectivity index (χ0v) is 15.9. The third kappa shape index (κ3) is 4.46. The highest BCUT2D eigenvalue weighted by atomic mass is 127. The van der Waals surface area contributed by atoms with Crippen molar-refractivity contribution < 1.29 is 19.1 Å². The van der Waals surface area contributed by atoms with Crippen LogP contribution in [0.1, 0.15) is 18.1 Å². The van der Waals surface area contributed by atoms with Gasteiger partial charge in [-0.3, -0.25) is 9.59 Å². The van der Waals surface area contributed by atoms with E-state index >= 15 is 0 Å². The van der Waals surface area contributed by atoms with Gasteiger partial charge in [-0.15, -0.1) is 0 Å². The van der Waals surface area contributed by atoms with Crippen molar-refractivity contribution >= 4 is 34.4 Å². The van der Waals surface area contributed by atoms with Crippen molar-refractivity contribution in [2.45, 2.75) is 18.6 Å². The van der Waals surface area contributed by atoms with Gasteiger partial charge in [0.15, 0.2) is 6.10 Å². The number of nitrogens with zero attached hydrogens (tertiary/aromatic N) is 3. The first-order chi connectivity index (χ1) is 11.9. The van der Waals surface area contributed by atoms with Crippen LogP contribution in [-0.4, -0.2) is 57.3 Å². The lowest BCUT2D eigenvalue weighted by Crippen LogP contribution is -2.44. The summed E-state index contributed by atoms with van der Waals surface area (Å²) in [7, 11) is 1.37. The van der Waals surface area contributed by atoms with E-state index in [0.29, 0.717) is 13.0 Å². The molecule has 3 unspecified atom stereocenters. The van der Waals surface area contributed by atoms with Crippen LogP contribution >= 0.6 is 22.6 Å². The number of amides is 2. The van der Waals surface area contributed by atoms with Crippen molar-refractivity contribution in [1.29, 1.82) is 5.26 Å². The van der Waals surface area contributed by atoms with Gasteiger partial charge in [0, 0.05) is 23.6 Å². The molecule has 0 aliphatic carbocycles. The zero-order valence-electron chi connectivity index (χ0n) is 13.7. The second kappa shape index (κ2) is 8.58. The minimum absolute atomic E-state index is 0.132. The van der Waals surface area contributed by atoms with Crippen LogP contribution in [0.15, 0.2) is 24.3 Å². The van der Waals surface area contributed by atoms with E-state index in [2.05, 4.69) is 28.7 Å². The fourth-order valence-electron chi connectivity index (χ4n) is 2.84. The molecule has 1 fully saturated rings. The monoisotopic (exact) mass is 459 g/mol. The molecule has 1 heterocycles. The van der Waals surface area contributed by atoms with Gasteiger partial charge in [-0.25, -0.2) is 4.39 Å². The molecule has 1 aromatic carbocycles. The molecule has 3 atom stereocenters. The Balaban J connectivity index is 2.02. The van der Waals surface area contributed by atoms with Crippen LogP contribution < -0.4 is 0 Å². The van der Waals surface area contributed by atoms with Crippen molar-refractivity contribution in [3.8, 4) is 6.07 Å². The van der Waals surface area contributed by atoms with Gasteiger partial charge in [-0.2, -0.15) is 5.26 Å². The number of nitriles is 1. The predicted molar refractivity (Wildman–Crippen MR) is 97.1 cm³/mol. The summed E-state index contributed by atoms with van der Waals surface area (Å²) >= 11 is 2.22. The van der Waals surface area contributed by atoms with Crippen molar-refractivity contribution in [2.24, 2.45) is 5.92 Å². The minimum atomic E-state index is -1.67. The highest BCUT2D eigenvalue weighted by Gasteiger charge is 2.35. The smallest absolute Gasteiger partial charge is 0.256 e. The Morgan fingerprint density at radius 2 is 2.20 bits per heavy atom. The number of rotatable bonds is 5. The number of carbonyl (C=O) groups excluding carboxylic acids is 2. The van der Waals surface area contributed by atoms with Crippen molar-refractivity contribution in [1.82, 2.24) is 9.80 Å². The summed E-state index contributed by atoms with van der Waals surface area (Å²) in [5, 5.41) is 19.3. The minimum Gasteiger partial charge on any atom is -0.378 e. The van der Waals surface area contributed by atoms with Crippen LogP contribution in [0.25, 0.3) is 0 Å². The van der Waals surface area contributed by atoms with E-state index in [1.54, 1.807) is 0 Å². The van der Waals surface area contributed by atoms with E-state index in [4.69, 9.17) is 0 Å². The molecule has 6 nitrogen and oxygen atoms in total. The Bertz CT molecular complexity index is 694. The summed E-state index contributed by atoms with van der Waals surface area (Å²) in [5.41, 5.74) is -0.132. The second-order valence-electron chi connectivity index (χ2n) is 6.07. The quantitative estimate of drug-likeness (QED) is 0.535. The molecule has 134 valence electrons. The Morgan fingerprint density at radius 3 is 2.80 bits per heavy atom. The van der Waals surface area contributed by atoms with Crippen molar-refractivity contribution in [3.63, 3.8) is 0 Å². The van der Waals surface area contributed by atoms with Crippen LogP contribution in [0.3, 0.4) is 0 Å². The molecule has 1 aromatic rings. The lowest BCUT2D eigenvalue weighted by Gasteiger charge is -2.25. The first-order valence-electron chi connectivity index (χ1n) is 7.81. The second-order valence-corrected chi connectivity index (χ2v) is 6.95. The Morgan fingerprint density at radius 1 is 1.52 bits per heavy atom. The molecule has 1 saturated heterocycles. The van der Waals surface area contributed by atoms with Gasteiger partial charge < -0.3 is 14.9 Å². The largest absolute Gasteiger partial charge is 0.378 e. The lowest BCUT2D eigenvalue weighted by atomic mass is 10.1. The first-order valence-corrected chi connectivity index (χ1v) is 9.34. The number of alkyl halides is 1. The normalized spacial score (nSPS) is 20.8. The maximum Gasteiger partial charge on any atom is 0.256 e. The summed E-state index contributed by atoms with van der Waals surface area (Å²) < 4.78 is 14.6. The Hall–Kier alpha value is -1.73. The molecule has 0 spiro atoms. The molecule has 1 aliphatic rings. The molecule has 0 radical (unpaired) electrons. The van der Waals surface area contributed by atoms with Crippen LogP contribution in [0.4, 0.5) is 4.39 Å². The average Bonchev–Trinajstić information content (AvgIpc) is 3.04. The number of benzene rings is 1. The highest BCUT2D eigenvalue weighted by Crippen LogP contribution is 2.25. The van der Waals surface area contributed by atoms with Gasteiger partial charge in [0.2, 0.25) is 5.91 Å². The van der Waals surface area contributed by atoms with E-state index in [9.17, 15) is 24.3 Å². The number of aliphatic hydroxyl groups excluding tert-OH is 1. The number of halogens is 2. The topological polar surface area (TPSA) is 84.6 Å². The third-order valence-electron chi connectivity index (χ3n) is 4.26. The molecule has 2 amide bonds. The zero-order chi connectivity index (χ0) is 18.6. The Labute approximate surface area is 159 Å². The highest BCUT2D eigenvalue weighted by molar-refractivity contribution is 14.1. The fourth-order valence-corrected chi connectivity index (χ4v) is 3.48. The first kappa shape index (κ1) is 19.6. The maximum absolute atomic E-state index is 13.7. The number of hydrogen-bond donors (Lipinski definition) is 1. The van der Waals surface area contributed by atoms with Gasteiger partial charge in [-0.05, 0) is 18.4 Å². The van der Waals surface area contributed by atoms with E-state index in [1.165, 1.54) is 30.1 Å². The summed E-state index contributed by atoms with van der Waals surface area (Å²) in [6.07, 6.45) is -1.05. The van der Waals surface area contributed by atoms with Crippen LogP contribution in [-0.2, 0) is 9.59 Å². The van der Waals surface area contributed by atoms with Gasteiger partial charge in [0.1, 0.15) is 11.9 Å². The van der Waals surface area contributed by atoms with Crippen molar-refractivity contribution in [2.75, 3.05) is 24.6 Å². The van der Waals surface area contributed by atoms with E-state index < -0.39 is 23.9 Å². The lowest BCUT2D eigenvalue weighted by molar-refractivity contribution is -0.145. The van der Waals surface area contributed by atoms with Gasteiger partial charge >= 0.3 is 0 Å². The molecule has 8 heteroatoms. The number of hydrogen-bond acceptors (Lipinski definition) is 4. The molecule has 2 rings (SSSR count). The van der Waals surface area contributed by atoms with Crippen LogP contribution in [0.5, 0.6) is 0 Å². The predicted octanol–water partition coefficient (Wildman–Crippen LogP) is 1.49. The SMILES string of the molecule is CN(CC(=O)N1CC(CI)CC1C#N)C(=O)C(O)c1ccccc1F. The summed E-state index contributed by atoms with van der Waals surface area (Å²) in [6.45, 7) is 0.217. The van der Waals surface area contributed by atoms with Crippen molar-refractivity contribution in [3.05, 3.63) is 35.6 Å². The molecule has 0 aromatic heterocycles. The summed E-state index contributed by atoms with van der Waals surface area (Å²) in [4.78, 5) is 27.3. The summed E-state index contributed by atoms with van der Waals surface area (Å²) in [6, 6.07) is 7.08. The van der Waals surface area contributed by atoms with E-state index in [1.807, 2.05) is 0 Å². The fraction of sp³-hybridized carbons (Fsp3) is 0.471. The van der Waals surface area contributed by atoms with Crippen LogP contribution in [0, 0.1) is 23.1 Å². The van der Waals surface area contributed by atoms with Gasteiger partial charge in [0.05, 0.1) is 12.6 Å². The Kier molecular flexibility index (Phi) is 6.72. The number of aliphatic hydroxyl groups is 1. The maximum atomic E-state index is 13.7. The third-order valence-corrected chi connectivity index (χ3v) is 5.50. The molecule has 0 bridgehead atoms. The molecular weight excluding hydrogens is 440 g/mol. The molecule has 25 heavy (non-hydrogen) atoms. The molecule has 1 aliphatic heterocycles.